The van der Waals surface area contributed by atoms with Gasteiger partial charge in [-0.2, -0.15) is 0 Å². The van der Waals surface area contributed by atoms with Crippen molar-refractivity contribution in [1.29, 1.82) is 0 Å². The number of hydrogen-bond donors (Lipinski definition) is 3. The second-order valence-electron chi connectivity index (χ2n) is 10.2. The molecular formula is C30H46N4O7S. The summed E-state index contributed by atoms with van der Waals surface area (Å²) in [7, 11) is -2.37. The lowest BCUT2D eigenvalue weighted by Gasteiger charge is -2.09. The Morgan fingerprint density at radius 1 is 0.786 bits per heavy atom. The first-order valence-corrected chi connectivity index (χ1v) is 16.4. The molecule has 2 rings (SSSR count). The van der Waals surface area contributed by atoms with Crippen molar-refractivity contribution < 1.29 is 32.6 Å². The molecule has 42 heavy (non-hydrogen) atoms. The van der Waals surface area contributed by atoms with Crippen molar-refractivity contribution in [2.24, 2.45) is 0 Å². The summed E-state index contributed by atoms with van der Waals surface area (Å²) in [6.07, 6.45) is 17.7. The Morgan fingerprint density at radius 2 is 1.31 bits per heavy atom. The number of hydrogen-bond acceptors (Lipinski definition) is 8. The highest BCUT2D eigenvalue weighted by atomic mass is 32.2. The van der Waals surface area contributed by atoms with E-state index in [2.05, 4.69) is 20.0 Å². The number of sulfonamides is 1. The van der Waals surface area contributed by atoms with Crippen molar-refractivity contribution in [2.75, 3.05) is 31.6 Å². The van der Waals surface area contributed by atoms with E-state index in [1.807, 2.05) is 0 Å². The van der Waals surface area contributed by atoms with Gasteiger partial charge in [0.1, 0.15) is 5.75 Å². The van der Waals surface area contributed by atoms with Crippen LogP contribution in [0, 0.1) is 0 Å². The molecule has 0 spiro atoms. The summed E-state index contributed by atoms with van der Waals surface area (Å²) in [5.74, 6) is -0.599. The van der Waals surface area contributed by atoms with Crippen molar-refractivity contribution in [3.05, 3.63) is 42.2 Å². The minimum atomic E-state index is -3.90. The zero-order chi connectivity index (χ0) is 30.5. The summed E-state index contributed by atoms with van der Waals surface area (Å²) in [6.45, 7) is 1.29. The summed E-state index contributed by atoms with van der Waals surface area (Å²) in [5.41, 5.74) is 0.210. The molecule has 11 nitrogen and oxygen atoms in total. The first kappa shape index (κ1) is 34.9. The Labute approximate surface area is 249 Å². The normalized spacial score (nSPS) is 11.3. The van der Waals surface area contributed by atoms with E-state index in [4.69, 9.17) is 14.6 Å². The van der Waals surface area contributed by atoms with Crippen LogP contribution >= 0.6 is 0 Å². The number of carboxylic acid groups (broad SMARTS) is 1. The number of nitrogens with one attached hydrogen (secondary N) is 2. The van der Waals surface area contributed by atoms with E-state index >= 15 is 0 Å². The molecule has 1 aromatic heterocycles. The second kappa shape index (κ2) is 20.6. The van der Waals surface area contributed by atoms with E-state index in [-0.39, 0.29) is 22.3 Å². The van der Waals surface area contributed by atoms with E-state index in [1.54, 1.807) is 12.1 Å². The highest BCUT2D eigenvalue weighted by Gasteiger charge is 2.16. The van der Waals surface area contributed by atoms with Gasteiger partial charge in [0.05, 0.1) is 23.7 Å². The van der Waals surface area contributed by atoms with Gasteiger partial charge in [-0.25, -0.2) is 23.1 Å². The molecule has 1 aromatic carbocycles. The van der Waals surface area contributed by atoms with Crippen LogP contribution in [0.2, 0.25) is 0 Å². The molecule has 0 aliphatic rings. The van der Waals surface area contributed by atoms with E-state index < -0.39 is 16.0 Å². The minimum Gasteiger partial charge on any atom is -0.494 e. The third-order valence-corrected chi connectivity index (χ3v) is 8.01. The quantitative estimate of drug-likeness (QED) is 0.130. The third-order valence-electron chi connectivity index (χ3n) is 6.67. The van der Waals surface area contributed by atoms with Crippen molar-refractivity contribution in [2.45, 2.75) is 94.8 Å². The average Bonchev–Trinajstić information content (AvgIpc) is 2.97. The van der Waals surface area contributed by atoms with E-state index in [1.165, 1.54) is 83.0 Å². The minimum absolute atomic E-state index is 0.0515. The number of rotatable bonds is 24. The summed E-state index contributed by atoms with van der Waals surface area (Å²) in [5, 5.41) is 11.3. The van der Waals surface area contributed by atoms with Crippen LogP contribution in [0.3, 0.4) is 0 Å². The van der Waals surface area contributed by atoms with Gasteiger partial charge in [-0.3, -0.25) is 9.59 Å². The number of carboxylic acids is 1. The van der Waals surface area contributed by atoms with Crippen LogP contribution in [-0.2, 0) is 19.6 Å². The van der Waals surface area contributed by atoms with Crippen molar-refractivity contribution in [3.63, 3.8) is 0 Å². The lowest BCUT2D eigenvalue weighted by Crippen LogP contribution is -2.27. The SMILES string of the molecule is COCCNC(=O)c1cnc(NS(=O)(=O)c2ccc(OCCCCCCCCCCCCCCCC(=O)O)cc2)nc1. The van der Waals surface area contributed by atoms with Gasteiger partial charge in [0.2, 0.25) is 5.95 Å². The maximum atomic E-state index is 12.7. The molecule has 0 fully saturated rings. The third kappa shape index (κ3) is 15.1. The average molecular weight is 607 g/mol. The monoisotopic (exact) mass is 606 g/mol. The number of aliphatic carboxylic acids is 1. The summed E-state index contributed by atoms with van der Waals surface area (Å²) >= 11 is 0. The standard InChI is InChI=1S/C30H46N4O7S/c1-40-22-20-31-29(37)25-23-32-30(33-24-25)34-42(38,39)27-18-16-26(17-19-27)41-21-14-12-10-8-6-4-2-3-5-7-9-11-13-15-28(35)36/h16-19,23-24H,2-15,20-22H2,1H3,(H,31,37)(H,35,36)(H,32,33,34). The van der Waals surface area contributed by atoms with Crippen LogP contribution in [0.5, 0.6) is 5.75 Å². The molecule has 0 bridgehead atoms. The Bertz CT molecular complexity index is 1140. The Balaban J connectivity index is 1.54. The maximum absolute atomic E-state index is 12.7. The van der Waals surface area contributed by atoms with Crippen LogP contribution in [0.15, 0.2) is 41.6 Å². The first-order chi connectivity index (χ1) is 20.3. The van der Waals surface area contributed by atoms with Gasteiger partial charge in [-0.05, 0) is 37.1 Å². The number of carbonyl (C=O) groups is 2. The van der Waals surface area contributed by atoms with Crippen molar-refractivity contribution >= 4 is 27.8 Å². The fourth-order valence-corrected chi connectivity index (χ4v) is 5.23. The van der Waals surface area contributed by atoms with E-state index in [9.17, 15) is 18.0 Å². The van der Waals surface area contributed by atoms with Gasteiger partial charge in [-0.15, -0.1) is 0 Å². The summed E-state index contributed by atoms with van der Waals surface area (Å²) < 4.78 is 38.3. The Morgan fingerprint density at radius 3 is 1.83 bits per heavy atom. The number of anilines is 1. The molecule has 0 radical (unpaired) electrons. The number of methoxy groups -OCH3 is 1. The number of ether oxygens (including phenoxy) is 2. The lowest BCUT2D eigenvalue weighted by molar-refractivity contribution is -0.137. The number of amides is 1. The van der Waals surface area contributed by atoms with Crippen LogP contribution in [0.25, 0.3) is 0 Å². The van der Waals surface area contributed by atoms with Gasteiger partial charge in [0.25, 0.3) is 15.9 Å². The molecule has 1 heterocycles. The molecule has 0 atom stereocenters. The van der Waals surface area contributed by atoms with Gasteiger partial charge in [-0.1, -0.05) is 70.6 Å². The highest BCUT2D eigenvalue weighted by Crippen LogP contribution is 2.19. The van der Waals surface area contributed by atoms with Crippen LogP contribution in [-0.4, -0.2) is 62.2 Å². The molecule has 0 saturated heterocycles. The predicted molar refractivity (Wildman–Crippen MR) is 161 cm³/mol. The van der Waals surface area contributed by atoms with Crippen LogP contribution in [0.1, 0.15) is 100 Å². The molecular weight excluding hydrogens is 560 g/mol. The van der Waals surface area contributed by atoms with Gasteiger partial charge in [0.15, 0.2) is 0 Å². The lowest BCUT2D eigenvalue weighted by atomic mass is 10.0. The fraction of sp³-hybridized carbons (Fsp3) is 0.600. The highest BCUT2D eigenvalue weighted by molar-refractivity contribution is 7.92. The van der Waals surface area contributed by atoms with Gasteiger partial charge < -0.3 is 19.9 Å². The maximum Gasteiger partial charge on any atom is 0.303 e. The second-order valence-corrected chi connectivity index (χ2v) is 11.9. The molecule has 3 N–H and O–H groups in total. The van der Waals surface area contributed by atoms with E-state index in [0.29, 0.717) is 31.9 Å². The number of benzene rings is 1. The Kier molecular flexibility index (Phi) is 17.1. The summed E-state index contributed by atoms with van der Waals surface area (Å²) in [4.78, 5) is 30.4. The predicted octanol–water partition coefficient (Wildman–Crippen LogP) is 5.58. The molecule has 0 aliphatic heterocycles. The molecule has 1 amide bonds. The van der Waals surface area contributed by atoms with Gasteiger partial charge in [0, 0.05) is 32.5 Å². The summed E-state index contributed by atoms with van der Waals surface area (Å²) in [6, 6.07) is 6.18. The number of nitrogens with zero attached hydrogens (tertiary/aromatic N) is 2. The van der Waals surface area contributed by atoms with Crippen LogP contribution < -0.4 is 14.8 Å². The van der Waals surface area contributed by atoms with Crippen molar-refractivity contribution in [1.82, 2.24) is 15.3 Å². The van der Waals surface area contributed by atoms with E-state index in [0.717, 1.165) is 32.1 Å². The van der Waals surface area contributed by atoms with Crippen LogP contribution in [0.4, 0.5) is 5.95 Å². The number of aromatic nitrogens is 2. The Hall–Kier alpha value is -3.25. The fourth-order valence-electron chi connectivity index (χ4n) is 4.27. The van der Waals surface area contributed by atoms with Crippen molar-refractivity contribution in [3.8, 4) is 5.75 Å². The molecule has 234 valence electrons. The first-order valence-electron chi connectivity index (χ1n) is 14.9. The molecule has 0 aliphatic carbocycles. The molecule has 0 unspecified atom stereocenters. The molecule has 12 heteroatoms. The zero-order valence-electron chi connectivity index (χ0n) is 24.7. The number of carbonyl (C=O) groups excluding carboxylic acids is 1. The topological polar surface area (TPSA) is 157 Å². The molecule has 0 saturated carbocycles. The molecule has 2 aromatic rings. The number of unbranched alkanes of at least 4 members (excludes halogenated alkanes) is 12. The smallest absolute Gasteiger partial charge is 0.303 e. The zero-order valence-corrected chi connectivity index (χ0v) is 25.5. The van der Waals surface area contributed by atoms with Gasteiger partial charge >= 0.3 is 5.97 Å². The largest absolute Gasteiger partial charge is 0.494 e.